The van der Waals surface area contributed by atoms with Crippen LogP contribution in [0.3, 0.4) is 0 Å². The van der Waals surface area contributed by atoms with E-state index in [2.05, 4.69) is 0 Å². The second kappa shape index (κ2) is 6.58. The maximum atomic E-state index is 12.3. The highest BCUT2D eigenvalue weighted by atomic mass is 32.2. The summed E-state index contributed by atoms with van der Waals surface area (Å²) in [6, 6.07) is 15.0. The van der Waals surface area contributed by atoms with Crippen LogP contribution in [0.15, 0.2) is 60.0 Å². The number of sulfone groups is 1. The van der Waals surface area contributed by atoms with Gasteiger partial charge in [0, 0.05) is 5.41 Å². The standard InChI is InChI=1S/C17H16O4S/c1-13(15-5-3-2-4-6-15)22(20,21)12-11-14-7-9-16(10-8-14)17(18)19/h2-13H,1H3,(H,18,19)/b12-11+. The Morgan fingerprint density at radius 3 is 2.18 bits per heavy atom. The van der Waals surface area contributed by atoms with Crippen molar-refractivity contribution >= 4 is 21.9 Å². The molecule has 1 N–H and O–H groups in total. The third-order valence-corrected chi connectivity index (χ3v) is 5.14. The molecule has 2 aromatic carbocycles. The number of hydrogen-bond acceptors (Lipinski definition) is 3. The first-order chi connectivity index (χ1) is 10.4. The summed E-state index contributed by atoms with van der Waals surface area (Å²) in [6.07, 6.45) is 1.47. The first-order valence-electron chi connectivity index (χ1n) is 6.70. The van der Waals surface area contributed by atoms with Gasteiger partial charge in [0.25, 0.3) is 0 Å². The molecule has 0 aliphatic rings. The van der Waals surface area contributed by atoms with Gasteiger partial charge in [0.1, 0.15) is 0 Å². The Hall–Kier alpha value is -2.40. The van der Waals surface area contributed by atoms with Gasteiger partial charge in [-0.25, -0.2) is 13.2 Å². The maximum absolute atomic E-state index is 12.3. The Kier molecular flexibility index (Phi) is 4.78. The topological polar surface area (TPSA) is 71.4 Å². The number of rotatable bonds is 5. The highest BCUT2D eigenvalue weighted by Crippen LogP contribution is 2.23. The lowest BCUT2D eigenvalue weighted by molar-refractivity contribution is 0.0697. The molecule has 0 amide bonds. The van der Waals surface area contributed by atoms with Crippen LogP contribution in [0.5, 0.6) is 0 Å². The fourth-order valence-electron chi connectivity index (χ4n) is 1.94. The Morgan fingerprint density at radius 1 is 1.05 bits per heavy atom. The first kappa shape index (κ1) is 16.0. The van der Waals surface area contributed by atoms with E-state index in [1.54, 1.807) is 43.3 Å². The van der Waals surface area contributed by atoms with Crippen LogP contribution in [0.4, 0.5) is 0 Å². The summed E-state index contributed by atoms with van der Waals surface area (Å²) in [5, 5.41) is 9.35. The largest absolute Gasteiger partial charge is 0.478 e. The lowest BCUT2D eigenvalue weighted by Gasteiger charge is -2.09. The third kappa shape index (κ3) is 3.83. The monoisotopic (exact) mass is 316 g/mol. The van der Waals surface area contributed by atoms with Gasteiger partial charge in [0.05, 0.1) is 10.8 Å². The van der Waals surface area contributed by atoms with Crippen molar-refractivity contribution in [3.8, 4) is 0 Å². The predicted octanol–water partition coefficient (Wildman–Crippen LogP) is 3.53. The van der Waals surface area contributed by atoms with Crippen molar-refractivity contribution in [2.75, 3.05) is 0 Å². The Bertz CT molecular complexity index is 775. The van der Waals surface area contributed by atoms with Gasteiger partial charge >= 0.3 is 5.97 Å². The second-order valence-electron chi connectivity index (χ2n) is 4.87. The highest BCUT2D eigenvalue weighted by Gasteiger charge is 2.19. The van der Waals surface area contributed by atoms with E-state index in [-0.39, 0.29) is 5.56 Å². The van der Waals surface area contributed by atoms with Gasteiger partial charge in [-0.15, -0.1) is 0 Å². The van der Waals surface area contributed by atoms with Gasteiger partial charge in [-0.05, 0) is 36.3 Å². The van der Waals surface area contributed by atoms with E-state index >= 15 is 0 Å². The van der Waals surface area contributed by atoms with Gasteiger partial charge in [0.15, 0.2) is 9.84 Å². The third-order valence-electron chi connectivity index (χ3n) is 3.37. The van der Waals surface area contributed by atoms with Crippen LogP contribution < -0.4 is 0 Å². The van der Waals surface area contributed by atoms with Crippen molar-refractivity contribution in [2.45, 2.75) is 12.2 Å². The molecule has 0 aliphatic heterocycles. The zero-order chi connectivity index (χ0) is 16.2. The summed E-state index contributed by atoms with van der Waals surface area (Å²) in [6.45, 7) is 1.64. The average Bonchev–Trinajstić information content (AvgIpc) is 2.53. The summed E-state index contributed by atoms with van der Waals surface area (Å²) < 4.78 is 24.6. The van der Waals surface area contributed by atoms with Crippen LogP contribution in [0.1, 0.15) is 33.7 Å². The van der Waals surface area contributed by atoms with Crippen molar-refractivity contribution in [2.24, 2.45) is 0 Å². The molecule has 0 bridgehead atoms. The van der Waals surface area contributed by atoms with E-state index in [9.17, 15) is 13.2 Å². The van der Waals surface area contributed by atoms with Crippen molar-refractivity contribution in [1.29, 1.82) is 0 Å². The average molecular weight is 316 g/mol. The fraction of sp³-hybridized carbons (Fsp3) is 0.118. The molecule has 1 atom stereocenters. The summed E-state index contributed by atoms with van der Waals surface area (Å²) in [5.41, 5.74) is 1.53. The molecule has 5 heteroatoms. The van der Waals surface area contributed by atoms with E-state index in [0.717, 1.165) is 5.56 Å². The van der Waals surface area contributed by atoms with Crippen molar-refractivity contribution < 1.29 is 18.3 Å². The molecule has 22 heavy (non-hydrogen) atoms. The van der Waals surface area contributed by atoms with Gasteiger partial charge in [-0.3, -0.25) is 0 Å². The van der Waals surface area contributed by atoms with E-state index < -0.39 is 21.1 Å². The smallest absolute Gasteiger partial charge is 0.335 e. The second-order valence-corrected chi connectivity index (χ2v) is 7.03. The summed E-state index contributed by atoms with van der Waals surface area (Å²) in [5.74, 6) is -1.01. The van der Waals surface area contributed by atoms with E-state index in [1.807, 2.05) is 6.07 Å². The number of hydrogen-bond donors (Lipinski definition) is 1. The van der Waals surface area contributed by atoms with Crippen LogP contribution in [0.2, 0.25) is 0 Å². The molecule has 0 saturated heterocycles. The molecular formula is C17H16O4S. The van der Waals surface area contributed by atoms with Gasteiger partial charge in [-0.1, -0.05) is 42.5 Å². The van der Waals surface area contributed by atoms with Crippen LogP contribution in [0, 0.1) is 0 Å². The molecule has 0 radical (unpaired) electrons. The molecule has 2 rings (SSSR count). The summed E-state index contributed by atoms with van der Waals surface area (Å²) >= 11 is 0. The van der Waals surface area contributed by atoms with E-state index in [1.165, 1.54) is 23.6 Å². The predicted molar refractivity (Wildman–Crippen MR) is 86.2 cm³/mol. The van der Waals surface area contributed by atoms with Crippen LogP contribution >= 0.6 is 0 Å². The molecule has 4 nitrogen and oxygen atoms in total. The van der Waals surface area contributed by atoms with Crippen LogP contribution in [-0.4, -0.2) is 19.5 Å². The van der Waals surface area contributed by atoms with Gasteiger partial charge in [0.2, 0.25) is 0 Å². The minimum atomic E-state index is -3.43. The van der Waals surface area contributed by atoms with Crippen LogP contribution in [0.25, 0.3) is 6.08 Å². The molecule has 2 aromatic rings. The number of carbonyl (C=O) groups is 1. The van der Waals surface area contributed by atoms with Crippen molar-refractivity contribution in [3.63, 3.8) is 0 Å². The highest BCUT2D eigenvalue weighted by molar-refractivity contribution is 7.94. The fourth-order valence-corrected chi connectivity index (χ4v) is 3.06. The Labute approximate surface area is 129 Å². The summed E-state index contributed by atoms with van der Waals surface area (Å²) in [4.78, 5) is 10.8. The quantitative estimate of drug-likeness (QED) is 0.916. The Balaban J connectivity index is 2.19. The molecular weight excluding hydrogens is 300 g/mol. The molecule has 114 valence electrons. The molecule has 0 fully saturated rings. The number of benzene rings is 2. The number of carboxylic acid groups (broad SMARTS) is 1. The minimum Gasteiger partial charge on any atom is -0.478 e. The zero-order valence-electron chi connectivity index (χ0n) is 12.0. The molecule has 0 spiro atoms. The molecule has 0 saturated carbocycles. The van der Waals surface area contributed by atoms with Crippen molar-refractivity contribution in [3.05, 3.63) is 76.7 Å². The maximum Gasteiger partial charge on any atom is 0.335 e. The molecule has 1 unspecified atom stereocenters. The lowest BCUT2D eigenvalue weighted by atomic mass is 10.1. The van der Waals surface area contributed by atoms with E-state index in [4.69, 9.17) is 5.11 Å². The van der Waals surface area contributed by atoms with Crippen molar-refractivity contribution in [1.82, 2.24) is 0 Å². The molecule has 0 aliphatic carbocycles. The van der Waals surface area contributed by atoms with E-state index in [0.29, 0.717) is 5.56 Å². The summed E-state index contributed by atoms with van der Waals surface area (Å²) in [7, 11) is -3.43. The minimum absolute atomic E-state index is 0.165. The zero-order valence-corrected chi connectivity index (χ0v) is 12.8. The molecule has 0 aromatic heterocycles. The molecule has 0 heterocycles. The lowest BCUT2D eigenvalue weighted by Crippen LogP contribution is -2.06. The van der Waals surface area contributed by atoms with Gasteiger partial charge < -0.3 is 5.11 Å². The number of carboxylic acids is 1. The normalized spacial score (nSPS) is 13.1. The van der Waals surface area contributed by atoms with Gasteiger partial charge in [-0.2, -0.15) is 0 Å². The Morgan fingerprint density at radius 2 is 1.64 bits per heavy atom. The van der Waals surface area contributed by atoms with Crippen LogP contribution in [-0.2, 0) is 9.84 Å². The first-order valence-corrected chi connectivity index (χ1v) is 8.31. The number of aromatic carboxylic acids is 1. The SMILES string of the molecule is CC(c1ccccc1)S(=O)(=O)/C=C/c1ccc(C(=O)O)cc1.